The minimum atomic E-state index is 0.490. The van der Waals surface area contributed by atoms with E-state index >= 15 is 0 Å². The van der Waals surface area contributed by atoms with Crippen molar-refractivity contribution in [3.05, 3.63) is 18.2 Å². The smallest absolute Gasteiger partial charge is 0.0948 e. The number of aromatic nitrogens is 2. The van der Waals surface area contributed by atoms with Gasteiger partial charge in [0.2, 0.25) is 0 Å². The van der Waals surface area contributed by atoms with Crippen LogP contribution in [0.25, 0.3) is 0 Å². The Balaban J connectivity index is 1.67. The van der Waals surface area contributed by atoms with Crippen LogP contribution in [0.2, 0.25) is 0 Å². The third-order valence-electron chi connectivity index (χ3n) is 4.46. The van der Waals surface area contributed by atoms with E-state index in [0.29, 0.717) is 11.5 Å². The third kappa shape index (κ3) is 2.45. The first-order valence-electron chi connectivity index (χ1n) is 7.05. The summed E-state index contributed by atoms with van der Waals surface area (Å²) in [6, 6.07) is 0.519. The van der Waals surface area contributed by atoms with Crippen LogP contribution >= 0.6 is 0 Å². The van der Waals surface area contributed by atoms with Crippen LogP contribution in [0.5, 0.6) is 0 Å². The molecule has 1 saturated carbocycles. The van der Waals surface area contributed by atoms with Gasteiger partial charge < -0.3 is 14.6 Å². The molecule has 0 amide bonds. The number of nitrogens with zero attached hydrogens (tertiary/aromatic N) is 2. The van der Waals surface area contributed by atoms with Crippen molar-refractivity contribution in [3.63, 3.8) is 0 Å². The predicted molar refractivity (Wildman–Crippen MR) is 70.4 cm³/mol. The van der Waals surface area contributed by atoms with Crippen LogP contribution < -0.4 is 5.32 Å². The first-order valence-corrected chi connectivity index (χ1v) is 7.05. The molecule has 2 fully saturated rings. The van der Waals surface area contributed by atoms with Crippen LogP contribution in [-0.2, 0) is 11.3 Å². The summed E-state index contributed by atoms with van der Waals surface area (Å²) in [4.78, 5) is 4.35. The SMILES string of the molecule is COCCC1(Cn2cncc2C2CCCN2)CC1. The van der Waals surface area contributed by atoms with Gasteiger partial charge in [0.1, 0.15) is 0 Å². The van der Waals surface area contributed by atoms with Crippen molar-refractivity contribution < 1.29 is 4.74 Å². The maximum absolute atomic E-state index is 5.23. The number of rotatable bonds is 6. The number of ether oxygens (including phenoxy) is 1. The zero-order chi connectivity index (χ0) is 12.4. The lowest BCUT2D eigenvalue weighted by molar-refractivity contribution is 0.166. The van der Waals surface area contributed by atoms with E-state index in [1.54, 1.807) is 7.11 Å². The summed E-state index contributed by atoms with van der Waals surface area (Å²) in [5.41, 5.74) is 1.86. The Morgan fingerprint density at radius 1 is 1.56 bits per heavy atom. The maximum atomic E-state index is 5.23. The van der Waals surface area contributed by atoms with Crippen molar-refractivity contribution in [1.29, 1.82) is 0 Å². The molecule has 0 radical (unpaired) electrons. The number of hydrogen-bond acceptors (Lipinski definition) is 3. The van der Waals surface area contributed by atoms with Crippen molar-refractivity contribution >= 4 is 0 Å². The topological polar surface area (TPSA) is 39.1 Å². The molecule has 1 aliphatic carbocycles. The van der Waals surface area contributed by atoms with E-state index in [9.17, 15) is 0 Å². The van der Waals surface area contributed by atoms with Crippen molar-refractivity contribution in [2.24, 2.45) is 5.41 Å². The van der Waals surface area contributed by atoms with Crippen molar-refractivity contribution in [2.45, 2.75) is 44.7 Å². The molecule has 1 aromatic heterocycles. The van der Waals surface area contributed by atoms with Gasteiger partial charge in [-0.05, 0) is 44.1 Å². The maximum Gasteiger partial charge on any atom is 0.0948 e. The van der Waals surface area contributed by atoms with Crippen molar-refractivity contribution in [1.82, 2.24) is 14.9 Å². The highest BCUT2D eigenvalue weighted by molar-refractivity contribution is 5.09. The van der Waals surface area contributed by atoms with Gasteiger partial charge in [-0.2, -0.15) is 0 Å². The molecule has 1 N–H and O–H groups in total. The van der Waals surface area contributed by atoms with Gasteiger partial charge in [-0.1, -0.05) is 0 Å². The molecule has 1 aliphatic heterocycles. The molecular weight excluding hydrogens is 226 g/mol. The summed E-state index contributed by atoms with van der Waals surface area (Å²) in [5, 5.41) is 3.56. The van der Waals surface area contributed by atoms with E-state index in [-0.39, 0.29) is 0 Å². The second kappa shape index (κ2) is 5.02. The Kier molecular flexibility index (Phi) is 3.39. The van der Waals surface area contributed by atoms with Crippen LogP contribution in [0.15, 0.2) is 12.5 Å². The first-order chi connectivity index (χ1) is 8.83. The minimum absolute atomic E-state index is 0.490. The van der Waals surface area contributed by atoms with Crippen molar-refractivity contribution in [3.8, 4) is 0 Å². The Hall–Kier alpha value is -0.870. The van der Waals surface area contributed by atoms with Gasteiger partial charge in [0.25, 0.3) is 0 Å². The molecule has 18 heavy (non-hydrogen) atoms. The molecule has 2 heterocycles. The lowest BCUT2D eigenvalue weighted by atomic mass is 10.0. The second-order valence-electron chi connectivity index (χ2n) is 5.84. The van der Waals surface area contributed by atoms with Gasteiger partial charge in [-0.25, -0.2) is 4.98 Å². The summed E-state index contributed by atoms with van der Waals surface area (Å²) in [6.07, 6.45) is 10.4. The summed E-state index contributed by atoms with van der Waals surface area (Å²) < 4.78 is 7.60. The molecule has 1 saturated heterocycles. The van der Waals surface area contributed by atoms with Crippen LogP contribution in [0.4, 0.5) is 0 Å². The fraction of sp³-hybridized carbons (Fsp3) is 0.786. The average Bonchev–Trinajstić information content (AvgIpc) is 2.83. The molecule has 0 bridgehead atoms. The number of nitrogens with one attached hydrogen (secondary N) is 1. The van der Waals surface area contributed by atoms with Crippen LogP contribution in [0.3, 0.4) is 0 Å². The molecule has 0 spiro atoms. The normalized spacial score (nSPS) is 25.5. The lowest BCUT2D eigenvalue weighted by Gasteiger charge is -2.19. The molecule has 4 nitrogen and oxygen atoms in total. The molecular formula is C14H23N3O. The van der Waals surface area contributed by atoms with Gasteiger partial charge in [0.05, 0.1) is 12.0 Å². The third-order valence-corrected chi connectivity index (χ3v) is 4.46. The lowest BCUT2D eigenvalue weighted by Crippen LogP contribution is -2.20. The van der Waals surface area contributed by atoms with Crippen molar-refractivity contribution in [2.75, 3.05) is 20.3 Å². The van der Waals surface area contributed by atoms with Crippen LogP contribution in [0.1, 0.15) is 43.8 Å². The molecule has 1 atom stereocenters. The van der Waals surface area contributed by atoms with Crippen LogP contribution in [0, 0.1) is 5.41 Å². The van der Waals surface area contributed by atoms with Gasteiger partial charge >= 0.3 is 0 Å². The largest absolute Gasteiger partial charge is 0.385 e. The fourth-order valence-corrected chi connectivity index (χ4v) is 3.03. The van der Waals surface area contributed by atoms with E-state index in [1.807, 2.05) is 12.5 Å². The molecule has 0 aromatic carbocycles. The average molecular weight is 249 g/mol. The highest BCUT2D eigenvalue weighted by Crippen LogP contribution is 2.50. The number of hydrogen-bond donors (Lipinski definition) is 1. The summed E-state index contributed by atoms with van der Waals surface area (Å²) >= 11 is 0. The quantitative estimate of drug-likeness (QED) is 0.839. The van der Waals surface area contributed by atoms with Gasteiger partial charge in [0.15, 0.2) is 0 Å². The van der Waals surface area contributed by atoms with E-state index in [1.165, 1.54) is 37.8 Å². The highest BCUT2D eigenvalue weighted by Gasteiger charge is 2.42. The summed E-state index contributed by atoms with van der Waals surface area (Å²) in [5.74, 6) is 0. The van der Waals surface area contributed by atoms with E-state index in [0.717, 1.165) is 19.7 Å². The zero-order valence-corrected chi connectivity index (χ0v) is 11.2. The van der Waals surface area contributed by atoms with Gasteiger partial charge in [-0.3, -0.25) is 0 Å². The van der Waals surface area contributed by atoms with Gasteiger partial charge in [0, 0.05) is 32.5 Å². The first kappa shape index (κ1) is 12.2. The Labute approximate surface area is 109 Å². The highest BCUT2D eigenvalue weighted by atomic mass is 16.5. The summed E-state index contributed by atoms with van der Waals surface area (Å²) in [7, 11) is 1.79. The number of imidazole rings is 1. The van der Waals surface area contributed by atoms with E-state index in [4.69, 9.17) is 4.74 Å². The molecule has 1 aromatic rings. The summed E-state index contributed by atoms with van der Waals surface area (Å²) in [6.45, 7) is 3.14. The monoisotopic (exact) mass is 249 g/mol. The molecule has 1 unspecified atom stereocenters. The fourth-order valence-electron chi connectivity index (χ4n) is 3.03. The van der Waals surface area contributed by atoms with Crippen LogP contribution in [-0.4, -0.2) is 29.8 Å². The molecule has 2 aliphatic rings. The standard InChI is InChI=1S/C14H23N3O/c1-18-8-6-14(4-5-14)10-17-11-15-9-13(17)12-3-2-7-16-12/h9,11-12,16H,2-8,10H2,1H3. The zero-order valence-electron chi connectivity index (χ0n) is 11.2. The molecule has 100 valence electrons. The number of methoxy groups -OCH3 is 1. The van der Waals surface area contributed by atoms with E-state index in [2.05, 4.69) is 14.9 Å². The molecule has 4 heteroatoms. The Morgan fingerprint density at radius 3 is 3.11 bits per heavy atom. The predicted octanol–water partition coefficient (Wildman–Crippen LogP) is 2.12. The van der Waals surface area contributed by atoms with E-state index < -0.39 is 0 Å². The minimum Gasteiger partial charge on any atom is -0.385 e. The Morgan fingerprint density at radius 2 is 2.44 bits per heavy atom. The Bertz CT molecular complexity index is 391. The molecule has 3 rings (SSSR count). The van der Waals surface area contributed by atoms with Gasteiger partial charge in [-0.15, -0.1) is 0 Å². The second-order valence-corrected chi connectivity index (χ2v) is 5.84.